The molecule has 0 fully saturated rings. The molecule has 1 unspecified atom stereocenters. The molecule has 0 aromatic carbocycles. The zero-order chi connectivity index (χ0) is 29.2. The van der Waals surface area contributed by atoms with E-state index < -0.39 is 0 Å². The fourth-order valence-electron chi connectivity index (χ4n) is 5.57. The Hall–Kier alpha value is -0.600. The number of allylic oxidation sites excluding steroid dienone is 4. The Labute approximate surface area is 253 Å². The maximum Gasteiger partial charge on any atom is 0.0768 e. The van der Waals surface area contributed by atoms with Crippen molar-refractivity contribution in [1.29, 1.82) is 0 Å². The third kappa shape index (κ3) is 35.4. The molecule has 40 heavy (non-hydrogen) atoms. The number of quaternary nitrogens is 1. The summed E-state index contributed by atoms with van der Waals surface area (Å²) in [5, 5.41) is 12.7. The fourth-order valence-corrected chi connectivity index (χ4v) is 5.57. The third-order valence-corrected chi connectivity index (χ3v) is 8.36. The summed E-state index contributed by atoms with van der Waals surface area (Å²) in [6, 6.07) is 0. The van der Waals surface area contributed by atoms with Crippen molar-refractivity contribution in [3.8, 4) is 0 Å². The first-order valence-corrected chi connectivity index (χ1v) is 18.5. The molecule has 0 rings (SSSR count). The second-order valence-corrected chi connectivity index (χ2v) is 13.1. The van der Waals surface area contributed by atoms with Gasteiger partial charge in [-0.3, -0.25) is 0 Å². The zero-order valence-electron chi connectivity index (χ0n) is 28.0. The van der Waals surface area contributed by atoms with Crippen LogP contribution in [0, 0.1) is 11.1 Å². The first kappa shape index (κ1) is 39.4. The lowest BCUT2D eigenvalue weighted by molar-refractivity contribution is -0.848. The summed E-state index contributed by atoms with van der Waals surface area (Å²) in [6.45, 7) is 8.59. The largest absolute Gasteiger partial charge is 0.634 e. The van der Waals surface area contributed by atoms with E-state index in [0.717, 1.165) is 31.8 Å². The van der Waals surface area contributed by atoms with Crippen molar-refractivity contribution in [2.45, 2.75) is 201 Å². The van der Waals surface area contributed by atoms with E-state index in [1.165, 1.54) is 167 Å². The zero-order valence-corrected chi connectivity index (χ0v) is 28.0. The van der Waals surface area contributed by atoms with Crippen molar-refractivity contribution in [3.05, 3.63) is 29.5 Å². The second kappa shape index (κ2) is 34.6. The number of nitrogens with one attached hydrogen (secondary N) is 1. The fraction of sp³-hybridized carbons (Fsp3) is 0.895. The van der Waals surface area contributed by atoms with Crippen molar-refractivity contribution < 1.29 is 5.06 Å². The number of rotatable bonds is 33. The van der Waals surface area contributed by atoms with E-state index in [1.54, 1.807) is 0 Å². The van der Waals surface area contributed by atoms with Gasteiger partial charge in [-0.25, -0.2) is 0 Å². The molecule has 0 heterocycles. The Bertz CT molecular complexity index is 512. The first-order chi connectivity index (χ1) is 19.7. The molecule has 0 aliphatic heterocycles. The molecule has 238 valence electrons. The van der Waals surface area contributed by atoms with Gasteiger partial charge in [0.2, 0.25) is 0 Å². The van der Waals surface area contributed by atoms with Crippen LogP contribution in [0.15, 0.2) is 24.3 Å². The molecule has 0 spiro atoms. The van der Waals surface area contributed by atoms with Crippen molar-refractivity contribution >= 4 is 0 Å². The summed E-state index contributed by atoms with van der Waals surface area (Å²) < 4.78 is 0. The Morgan fingerprint density at radius 1 is 0.425 bits per heavy atom. The standard InChI is InChI=1S/C38H75NO/c1-4-5-6-7-8-9-10-11-12-15-18-21-24-27-30-33-36-39(40)37-34-31-28-25-22-19-16-13-14-17-20-23-26-29-32-35-38(2)3/h11-14,38-39H,4-10,15-37H2,1-3H3/b12-11-,14-13-. The van der Waals surface area contributed by atoms with Crippen LogP contribution in [-0.2, 0) is 0 Å². The number of hydrogen-bond acceptors (Lipinski definition) is 1. The van der Waals surface area contributed by atoms with Gasteiger partial charge < -0.3 is 10.3 Å². The van der Waals surface area contributed by atoms with Crippen LogP contribution in [0.5, 0.6) is 0 Å². The minimum Gasteiger partial charge on any atom is -0.634 e. The Balaban J connectivity index is 3.23. The molecule has 1 N–H and O–H groups in total. The number of hydroxylamine groups is 2. The monoisotopic (exact) mass is 562 g/mol. The second-order valence-electron chi connectivity index (χ2n) is 13.1. The summed E-state index contributed by atoms with van der Waals surface area (Å²) in [5.74, 6) is 0.870. The highest BCUT2D eigenvalue weighted by Gasteiger charge is 1.99. The topological polar surface area (TPSA) is 27.5 Å². The Morgan fingerprint density at radius 3 is 1.07 bits per heavy atom. The predicted octanol–water partition coefficient (Wildman–Crippen LogP) is 12.1. The van der Waals surface area contributed by atoms with E-state index in [2.05, 4.69) is 45.1 Å². The molecule has 0 radical (unpaired) electrons. The van der Waals surface area contributed by atoms with Crippen LogP contribution < -0.4 is 5.06 Å². The van der Waals surface area contributed by atoms with Gasteiger partial charge in [-0.15, -0.1) is 0 Å². The number of unbranched alkanes of at least 4 members (excludes halogenated alkanes) is 23. The first-order valence-electron chi connectivity index (χ1n) is 18.5. The highest BCUT2D eigenvalue weighted by atomic mass is 16.5. The Morgan fingerprint density at radius 2 is 0.725 bits per heavy atom. The third-order valence-electron chi connectivity index (χ3n) is 8.36. The molecule has 0 aliphatic carbocycles. The maximum atomic E-state index is 12.1. The van der Waals surface area contributed by atoms with Gasteiger partial charge in [0.05, 0.1) is 13.1 Å². The number of hydrogen-bond donors (Lipinski definition) is 1. The molecule has 0 bridgehead atoms. The van der Waals surface area contributed by atoms with E-state index in [-0.39, 0.29) is 0 Å². The van der Waals surface area contributed by atoms with E-state index in [4.69, 9.17) is 0 Å². The van der Waals surface area contributed by atoms with Gasteiger partial charge in [0, 0.05) is 0 Å². The molecule has 0 saturated carbocycles. The van der Waals surface area contributed by atoms with Gasteiger partial charge in [-0.2, -0.15) is 0 Å². The molecule has 2 heteroatoms. The minimum absolute atomic E-state index is 0.510. The van der Waals surface area contributed by atoms with Crippen LogP contribution in [0.3, 0.4) is 0 Å². The van der Waals surface area contributed by atoms with E-state index in [9.17, 15) is 5.21 Å². The smallest absolute Gasteiger partial charge is 0.0768 e. The molecule has 0 amide bonds. The van der Waals surface area contributed by atoms with Crippen LogP contribution in [0.4, 0.5) is 0 Å². The summed E-state index contributed by atoms with van der Waals surface area (Å²) in [7, 11) is 0. The average Bonchev–Trinajstić information content (AvgIpc) is 2.94. The van der Waals surface area contributed by atoms with Crippen LogP contribution in [0.25, 0.3) is 0 Å². The van der Waals surface area contributed by atoms with Gasteiger partial charge in [-0.05, 0) is 83.0 Å². The lowest BCUT2D eigenvalue weighted by atomic mass is 10.0. The van der Waals surface area contributed by atoms with Gasteiger partial charge in [0.1, 0.15) is 0 Å². The van der Waals surface area contributed by atoms with E-state index >= 15 is 0 Å². The lowest BCUT2D eigenvalue weighted by Crippen LogP contribution is -3.07. The highest BCUT2D eigenvalue weighted by Crippen LogP contribution is 2.13. The molecule has 0 aromatic rings. The normalized spacial score (nSPS) is 12.9. The lowest BCUT2D eigenvalue weighted by Gasteiger charge is -2.22. The molecule has 2 nitrogen and oxygen atoms in total. The average molecular weight is 562 g/mol. The highest BCUT2D eigenvalue weighted by molar-refractivity contribution is 4.82. The summed E-state index contributed by atoms with van der Waals surface area (Å²) >= 11 is 0. The molecule has 1 atom stereocenters. The van der Waals surface area contributed by atoms with E-state index in [1.807, 2.05) is 0 Å². The summed E-state index contributed by atoms with van der Waals surface area (Å²) in [6.07, 6.45) is 46.9. The van der Waals surface area contributed by atoms with Crippen LogP contribution in [0.1, 0.15) is 201 Å². The Kier molecular flexibility index (Phi) is 34.1. The SMILES string of the molecule is CCCCCCCC/C=C\CCCCCCCC[NH+]([O-])CCCCCCCC/C=C\CCCCCCCC(C)C. The molecular weight excluding hydrogens is 486 g/mol. The van der Waals surface area contributed by atoms with Gasteiger partial charge in [0.15, 0.2) is 0 Å². The van der Waals surface area contributed by atoms with Crippen molar-refractivity contribution in [2.24, 2.45) is 5.92 Å². The van der Waals surface area contributed by atoms with Gasteiger partial charge in [-0.1, -0.05) is 148 Å². The minimum atomic E-state index is 0.510. The molecule has 0 aromatic heterocycles. The van der Waals surface area contributed by atoms with Gasteiger partial charge in [0.25, 0.3) is 0 Å². The predicted molar refractivity (Wildman–Crippen MR) is 182 cm³/mol. The van der Waals surface area contributed by atoms with Crippen molar-refractivity contribution in [2.75, 3.05) is 13.1 Å². The molecular formula is C38H75NO. The van der Waals surface area contributed by atoms with Crippen molar-refractivity contribution in [3.63, 3.8) is 0 Å². The van der Waals surface area contributed by atoms with Gasteiger partial charge >= 0.3 is 0 Å². The molecule has 0 aliphatic rings. The molecule has 0 saturated heterocycles. The summed E-state index contributed by atoms with van der Waals surface area (Å²) in [4.78, 5) is 0. The van der Waals surface area contributed by atoms with Crippen LogP contribution in [-0.4, -0.2) is 13.1 Å². The summed E-state index contributed by atoms with van der Waals surface area (Å²) in [5.41, 5.74) is 0. The van der Waals surface area contributed by atoms with Crippen LogP contribution in [0.2, 0.25) is 0 Å². The van der Waals surface area contributed by atoms with Crippen molar-refractivity contribution in [1.82, 2.24) is 0 Å². The van der Waals surface area contributed by atoms with Crippen LogP contribution >= 0.6 is 0 Å². The van der Waals surface area contributed by atoms with E-state index in [0.29, 0.717) is 5.06 Å². The maximum absolute atomic E-state index is 12.1. The quantitative estimate of drug-likeness (QED) is 0.0481.